The molecule has 96 valence electrons. The first-order valence-corrected chi connectivity index (χ1v) is 5.97. The van der Waals surface area contributed by atoms with Crippen LogP contribution in [-0.4, -0.2) is 33.2 Å². The third-order valence-electron chi connectivity index (χ3n) is 3.21. The number of carboxylic acid groups (broad SMARTS) is 1. The summed E-state index contributed by atoms with van der Waals surface area (Å²) in [6, 6.07) is 1.51. The molecule has 1 aliphatic rings. The molecule has 1 fully saturated rings. The second-order valence-electron chi connectivity index (χ2n) is 4.50. The minimum atomic E-state index is -0.778. The van der Waals surface area contributed by atoms with Gasteiger partial charge in [0.15, 0.2) is 0 Å². The molecule has 6 heteroatoms. The van der Waals surface area contributed by atoms with Gasteiger partial charge in [0.2, 0.25) is 0 Å². The van der Waals surface area contributed by atoms with Crippen LogP contribution in [0.5, 0.6) is 0 Å². The van der Waals surface area contributed by atoms with Crippen LogP contribution in [0.25, 0.3) is 0 Å². The normalized spacial score (nSPS) is 23.3. The fourth-order valence-corrected chi connectivity index (χ4v) is 2.24. The van der Waals surface area contributed by atoms with E-state index in [1.165, 1.54) is 12.4 Å². The first-order chi connectivity index (χ1) is 8.66. The van der Waals surface area contributed by atoms with Crippen molar-refractivity contribution in [1.29, 1.82) is 0 Å². The lowest BCUT2D eigenvalue weighted by Crippen LogP contribution is -2.39. The average Bonchev–Trinajstić information content (AvgIpc) is 2.40. The number of carboxylic acids is 1. The van der Waals surface area contributed by atoms with Gasteiger partial charge in [-0.2, -0.15) is 10.2 Å². The molecular weight excluding hydrogens is 234 g/mol. The van der Waals surface area contributed by atoms with Gasteiger partial charge in [0.25, 0.3) is 5.91 Å². The van der Waals surface area contributed by atoms with Gasteiger partial charge in [0.1, 0.15) is 0 Å². The van der Waals surface area contributed by atoms with Crippen LogP contribution in [0.15, 0.2) is 18.5 Å². The van der Waals surface area contributed by atoms with Gasteiger partial charge in [-0.25, -0.2) is 0 Å². The summed E-state index contributed by atoms with van der Waals surface area (Å²) in [5, 5.41) is 19.1. The zero-order valence-electron chi connectivity index (χ0n) is 9.87. The number of carbonyl (C=O) groups excluding carboxylic acids is 1. The molecular formula is C12H15N3O3. The van der Waals surface area contributed by atoms with Crippen molar-refractivity contribution in [3.63, 3.8) is 0 Å². The number of aromatic nitrogens is 2. The zero-order valence-corrected chi connectivity index (χ0v) is 9.87. The molecule has 0 bridgehead atoms. The van der Waals surface area contributed by atoms with E-state index in [4.69, 9.17) is 5.11 Å². The summed E-state index contributed by atoms with van der Waals surface area (Å²) in [7, 11) is 0. The van der Waals surface area contributed by atoms with Gasteiger partial charge in [0.05, 0.1) is 23.9 Å². The van der Waals surface area contributed by atoms with Crippen molar-refractivity contribution >= 4 is 11.9 Å². The zero-order chi connectivity index (χ0) is 13.0. The number of nitrogens with zero attached hydrogens (tertiary/aromatic N) is 2. The van der Waals surface area contributed by atoms with Gasteiger partial charge in [-0.1, -0.05) is 6.42 Å². The van der Waals surface area contributed by atoms with Gasteiger partial charge in [-0.15, -0.1) is 0 Å². The Hall–Kier alpha value is -1.98. The van der Waals surface area contributed by atoms with E-state index < -0.39 is 5.97 Å². The van der Waals surface area contributed by atoms with E-state index in [1.807, 2.05) is 0 Å². The second-order valence-corrected chi connectivity index (χ2v) is 4.50. The van der Waals surface area contributed by atoms with Crippen molar-refractivity contribution in [2.75, 3.05) is 0 Å². The van der Waals surface area contributed by atoms with Crippen LogP contribution in [-0.2, 0) is 4.79 Å². The summed E-state index contributed by atoms with van der Waals surface area (Å²) >= 11 is 0. The van der Waals surface area contributed by atoms with Crippen LogP contribution in [0.3, 0.4) is 0 Å². The van der Waals surface area contributed by atoms with Gasteiger partial charge >= 0.3 is 5.97 Å². The molecule has 0 aromatic carbocycles. The molecule has 2 unspecified atom stereocenters. The molecule has 2 rings (SSSR count). The topological polar surface area (TPSA) is 92.2 Å². The highest BCUT2D eigenvalue weighted by Crippen LogP contribution is 2.24. The molecule has 1 heterocycles. The lowest BCUT2D eigenvalue weighted by molar-refractivity contribution is -0.143. The highest BCUT2D eigenvalue weighted by molar-refractivity contribution is 5.93. The Kier molecular flexibility index (Phi) is 3.86. The van der Waals surface area contributed by atoms with E-state index in [9.17, 15) is 9.59 Å². The maximum absolute atomic E-state index is 11.9. The van der Waals surface area contributed by atoms with Crippen molar-refractivity contribution in [3.8, 4) is 0 Å². The van der Waals surface area contributed by atoms with E-state index in [0.29, 0.717) is 18.4 Å². The highest BCUT2D eigenvalue weighted by atomic mass is 16.4. The fraction of sp³-hybridized carbons (Fsp3) is 0.500. The fourth-order valence-electron chi connectivity index (χ4n) is 2.24. The molecule has 18 heavy (non-hydrogen) atoms. The summed E-state index contributed by atoms with van der Waals surface area (Å²) < 4.78 is 0. The monoisotopic (exact) mass is 249 g/mol. The van der Waals surface area contributed by atoms with E-state index >= 15 is 0 Å². The number of nitrogens with one attached hydrogen (secondary N) is 1. The van der Waals surface area contributed by atoms with Crippen LogP contribution in [0, 0.1) is 5.92 Å². The van der Waals surface area contributed by atoms with Gasteiger partial charge in [-0.05, 0) is 25.3 Å². The number of rotatable bonds is 3. The SMILES string of the molecule is O=C(NC1CCCC(C(=O)O)C1)c1ccnnc1. The molecule has 0 spiro atoms. The molecule has 0 radical (unpaired) electrons. The molecule has 6 nitrogen and oxygen atoms in total. The van der Waals surface area contributed by atoms with E-state index in [1.54, 1.807) is 6.07 Å². The third-order valence-corrected chi connectivity index (χ3v) is 3.21. The third kappa shape index (κ3) is 3.03. The Morgan fingerprint density at radius 1 is 1.33 bits per heavy atom. The Morgan fingerprint density at radius 3 is 2.83 bits per heavy atom. The van der Waals surface area contributed by atoms with E-state index in [2.05, 4.69) is 15.5 Å². The number of amides is 1. The Morgan fingerprint density at radius 2 is 2.17 bits per heavy atom. The van der Waals surface area contributed by atoms with Crippen molar-refractivity contribution < 1.29 is 14.7 Å². The summed E-state index contributed by atoms with van der Waals surface area (Å²) in [6.07, 6.45) is 5.70. The summed E-state index contributed by atoms with van der Waals surface area (Å²) in [4.78, 5) is 22.8. The molecule has 0 saturated heterocycles. The first-order valence-electron chi connectivity index (χ1n) is 5.97. The van der Waals surface area contributed by atoms with Gasteiger partial charge < -0.3 is 10.4 Å². The summed E-state index contributed by atoms with van der Waals surface area (Å²) in [5.74, 6) is -1.35. The molecule has 2 N–H and O–H groups in total. The van der Waals surface area contributed by atoms with Crippen LogP contribution < -0.4 is 5.32 Å². The molecule has 1 amide bonds. The van der Waals surface area contributed by atoms with Crippen molar-refractivity contribution in [2.24, 2.45) is 5.92 Å². The maximum atomic E-state index is 11.9. The Bertz CT molecular complexity index is 435. The maximum Gasteiger partial charge on any atom is 0.306 e. The molecule has 1 aromatic heterocycles. The number of hydrogen-bond acceptors (Lipinski definition) is 4. The van der Waals surface area contributed by atoms with Crippen molar-refractivity contribution in [2.45, 2.75) is 31.7 Å². The lowest BCUT2D eigenvalue weighted by atomic mass is 9.85. The number of aliphatic carboxylic acids is 1. The van der Waals surface area contributed by atoms with Crippen LogP contribution in [0.2, 0.25) is 0 Å². The Labute approximate surface area is 104 Å². The average molecular weight is 249 g/mol. The largest absolute Gasteiger partial charge is 0.481 e. The Balaban J connectivity index is 1.93. The van der Waals surface area contributed by atoms with Gasteiger partial charge in [0, 0.05) is 6.04 Å². The minimum absolute atomic E-state index is 0.0690. The van der Waals surface area contributed by atoms with E-state index in [0.717, 1.165) is 12.8 Å². The number of carbonyl (C=O) groups is 2. The quantitative estimate of drug-likeness (QED) is 0.828. The van der Waals surface area contributed by atoms with Crippen LogP contribution in [0.1, 0.15) is 36.0 Å². The summed E-state index contributed by atoms with van der Waals surface area (Å²) in [6.45, 7) is 0. The van der Waals surface area contributed by atoms with Crippen LogP contribution in [0.4, 0.5) is 0 Å². The molecule has 1 saturated carbocycles. The molecule has 1 aliphatic carbocycles. The van der Waals surface area contributed by atoms with Gasteiger partial charge in [-0.3, -0.25) is 9.59 Å². The minimum Gasteiger partial charge on any atom is -0.481 e. The smallest absolute Gasteiger partial charge is 0.306 e. The second kappa shape index (κ2) is 5.57. The molecule has 1 aromatic rings. The highest BCUT2D eigenvalue weighted by Gasteiger charge is 2.27. The van der Waals surface area contributed by atoms with Crippen molar-refractivity contribution in [3.05, 3.63) is 24.0 Å². The van der Waals surface area contributed by atoms with Crippen molar-refractivity contribution in [1.82, 2.24) is 15.5 Å². The standard InChI is InChI=1S/C12H15N3O3/c16-11(9-4-5-13-14-7-9)15-10-3-1-2-8(6-10)12(17)18/h4-5,7-8,10H,1-3,6H2,(H,15,16)(H,17,18). The molecule has 0 aliphatic heterocycles. The van der Waals surface area contributed by atoms with E-state index in [-0.39, 0.29) is 17.9 Å². The predicted octanol–water partition coefficient (Wildman–Crippen LogP) is 0.850. The predicted molar refractivity (Wildman–Crippen MR) is 62.9 cm³/mol. The summed E-state index contributed by atoms with van der Waals surface area (Å²) in [5.41, 5.74) is 0.447. The number of hydrogen-bond donors (Lipinski definition) is 2. The van der Waals surface area contributed by atoms with Crippen LogP contribution >= 0.6 is 0 Å². The lowest BCUT2D eigenvalue weighted by Gasteiger charge is -2.27. The first kappa shape index (κ1) is 12.5. The molecule has 2 atom stereocenters.